The number of hydrogen-bond acceptors (Lipinski definition) is 7. The maximum absolute atomic E-state index is 12.4. The highest BCUT2D eigenvalue weighted by molar-refractivity contribution is 8.01. The van der Waals surface area contributed by atoms with Crippen LogP contribution >= 0.6 is 57.9 Å². The first-order valence-corrected chi connectivity index (χ1v) is 10.3. The van der Waals surface area contributed by atoms with E-state index in [4.69, 9.17) is 34.8 Å². The van der Waals surface area contributed by atoms with E-state index in [1.54, 1.807) is 12.1 Å². The van der Waals surface area contributed by atoms with Crippen molar-refractivity contribution in [2.24, 2.45) is 0 Å². The minimum Gasteiger partial charge on any atom is -0.347 e. The van der Waals surface area contributed by atoms with Crippen molar-refractivity contribution in [3.63, 3.8) is 0 Å². The molecule has 0 saturated heterocycles. The first-order valence-electron chi connectivity index (χ1n) is 7.49. The van der Waals surface area contributed by atoms with E-state index in [0.717, 1.165) is 28.7 Å². The molecule has 3 heterocycles. The van der Waals surface area contributed by atoms with E-state index in [1.807, 2.05) is 0 Å². The molecule has 0 aliphatic rings. The van der Waals surface area contributed by atoms with Crippen molar-refractivity contribution in [1.82, 2.24) is 15.3 Å². The summed E-state index contributed by atoms with van der Waals surface area (Å²) in [5, 5.41) is 15.0. The first-order chi connectivity index (χ1) is 13.3. The van der Waals surface area contributed by atoms with Crippen LogP contribution < -0.4 is 5.32 Å². The Morgan fingerprint density at radius 3 is 2.54 bits per heavy atom. The van der Waals surface area contributed by atoms with Crippen LogP contribution in [0.4, 0.5) is 5.69 Å². The molecule has 0 bridgehead atoms. The number of amides is 1. The van der Waals surface area contributed by atoms with Gasteiger partial charge in [-0.1, -0.05) is 52.6 Å². The summed E-state index contributed by atoms with van der Waals surface area (Å²) in [4.78, 5) is 31.7. The fourth-order valence-electron chi connectivity index (χ4n) is 2.05. The Hall–Kier alpha value is -1.91. The van der Waals surface area contributed by atoms with E-state index < -0.39 is 10.8 Å². The van der Waals surface area contributed by atoms with Crippen LogP contribution in [0.25, 0.3) is 0 Å². The van der Waals surface area contributed by atoms with Gasteiger partial charge < -0.3 is 5.32 Å². The van der Waals surface area contributed by atoms with Gasteiger partial charge in [0.25, 0.3) is 11.6 Å². The Balaban J connectivity index is 1.80. The van der Waals surface area contributed by atoms with Crippen molar-refractivity contribution in [1.29, 1.82) is 0 Å². The molecule has 0 spiro atoms. The monoisotopic (exact) mass is 474 g/mol. The van der Waals surface area contributed by atoms with E-state index >= 15 is 0 Å². The molecule has 28 heavy (non-hydrogen) atoms. The number of carbonyl (C=O) groups is 1. The van der Waals surface area contributed by atoms with Gasteiger partial charge in [0.1, 0.15) is 14.2 Å². The third-order valence-electron chi connectivity index (χ3n) is 3.35. The number of thiophene rings is 1. The van der Waals surface area contributed by atoms with Crippen molar-refractivity contribution in [2.75, 3.05) is 0 Å². The number of nitrogens with zero attached hydrogens (tertiary/aromatic N) is 3. The zero-order valence-electron chi connectivity index (χ0n) is 13.7. The molecule has 3 aromatic heterocycles. The zero-order valence-corrected chi connectivity index (χ0v) is 17.6. The SMILES string of the molecule is O=C(NCc1ccc(Cl)nc1)c1cc([N+](=O)[O-])c(Sc2c(Cl)cncc2Cl)s1. The molecule has 0 unspecified atom stereocenters. The number of rotatable bonds is 6. The third kappa shape index (κ3) is 4.92. The van der Waals surface area contributed by atoms with Crippen LogP contribution in [0.2, 0.25) is 15.2 Å². The summed E-state index contributed by atoms with van der Waals surface area (Å²) >= 11 is 19.9. The summed E-state index contributed by atoms with van der Waals surface area (Å²) in [5.41, 5.74) is 0.547. The Labute approximate surface area is 182 Å². The number of carbonyl (C=O) groups excluding carboxylic acids is 1. The molecule has 0 aliphatic heterocycles. The predicted octanol–water partition coefficient (Wildman–Crippen LogP) is 5.49. The Kier molecular flexibility index (Phi) is 6.73. The number of pyridine rings is 2. The molecule has 1 amide bonds. The van der Waals surface area contributed by atoms with Crippen molar-refractivity contribution in [3.05, 3.63) is 72.5 Å². The molecule has 0 fully saturated rings. The number of hydrogen-bond donors (Lipinski definition) is 1. The van der Waals surface area contributed by atoms with E-state index in [1.165, 1.54) is 24.7 Å². The maximum Gasteiger partial charge on any atom is 0.294 e. The largest absolute Gasteiger partial charge is 0.347 e. The predicted molar refractivity (Wildman–Crippen MR) is 110 cm³/mol. The Morgan fingerprint density at radius 1 is 1.21 bits per heavy atom. The lowest BCUT2D eigenvalue weighted by molar-refractivity contribution is -0.387. The van der Waals surface area contributed by atoms with Crippen LogP contribution in [-0.2, 0) is 6.54 Å². The normalized spacial score (nSPS) is 10.7. The molecule has 144 valence electrons. The minimum absolute atomic E-state index is 0.192. The van der Waals surface area contributed by atoms with Gasteiger partial charge >= 0.3 is 0 Å². The van der Waals surface area contributed by atoms with E-state index in [0.29, 0.717) is 14.3 Å². The summed E-state index contributed by atoms with van der Waals surface area (Å²) in [5.74, 6) is -0.443. The molecule has 0 saturated carbocycles. The number of nitrogens with one attached hydrogen (secondary N) is 1. The van der Waals surface area contributed by atoms with Gasteiger partial charge in [0.05, 0.1) is 19.9 Å². The topological polar surface area (TPSA) is 98.0 Å². The summed E-state index contributed by atoms with van der Waals surface area (Å²) in [6.45, 7) is 0.208. The molecule has 3 aromatic rings. The maximum atomic E-state index is 12.4. The summed E-state index contributed by atoms with van der Waals surface area (Å²) in [6, 6.07) is 4.56. The van der Waals surface area contributed by atoms with Gasteiger partial charge in [-0.2, -0.15) is 0 Å². The summed E-state index contributed by atoms with van der Waals surface area (Å²) in [6.07, 6.45) is 4.32. The number of aromatic nitrogens is 2. The molecule has 0 radical (unpaired) electrons. The van der Waals surface area contributed by atoms with Crippen molar-refractivity contribution >= 4 is 69.5 Å². The molecule has 1 N–H and O–H groups in total. The summed E-state index contributed by atoms with van der Waals surface area (Å²) in [7, 11) is 0. The van der Waals surface area contributed by atoms with Crippen molar-refractivity contribution < 1.29 is 9.72 Å². The molecule has 3 rings (SSSR count). The van der Waals surface area contributed by atoms with E-state index in [-0.39, 0.29) is 27.2 Å². The Morgan fingerprint density at radius 2 is 1.93 bits per heavy atom. The molecule has 12 heteroatoms. The molecule has 0 aromatic carbocycles. The van der Waals surface area contributed by atoms with Gasteiger partial charge in [-0.25, -0.2) is 4.98 Å². The lowest BCUT2D eigenvalue weighted by atomic mass is 10.3. The lowest BCUT2D eigenvalue weighted by Gasteiger charge is -2.04. The van der Waals surface area contributed by atoms with Crippen LogP contribution in [0.1, 0.15) is 15.2 Å². The highest BCUT2D eigenvalue weighted by atomic mass is 35.5. The van der Waals surface area contributed by atoms with Gasteiger partial charge in [-0.3, -0.25) is 19.9 Å². The average Bonchev–Trinajstić information content (AvgIpc) is 3.08. The van der Waals surface area contributed by atoms with E-state index in [9.17, 15) is 14.9 Å². The molecular weight excluding hydrogens is 467 g/mol. The van der Waals surface area contributed by atoms with Crippen LogP contribution in [-0.4, -0.2) is 20.8 Å². The average molecular weight is 476 g/mol. The van der Waals surface area contributed by atoms with Gasteiger partial charge in [0.15, 0.2) is 0 Å². The second-order valence-corrected chi connectivity index (χ2v) is 8.78. The first kappa shape index (κ1) is 20.8. The van der Waals surface area contributed by atoms with Gasteiger partial charge in [-0.05, 0) is 11.6 Å². The van der Waals surface area contributed by atoms with Crippen LogP contribution in [0, 0.1) is 10.1 Å². The number of halogens is 3. The van der Waals surface area contributed by atoms with Gasteiger partial charge in [0, 0.05) is 31.2 Å². The fraction of sp³-hybridized carbons (Fsp3) is 0.0625. The van der Waals surface area contributed by atoms with Crippen LogP contribution in [0.15, 0.2) is 45.9 Å². The Bertz CT molecular complexity index is 1020. The highest BCUT2D eigenvalue weighted by Gasteiger charge is 2.24. The fourth-order valence-corrected chi connectivity index (χ4v) is 4.94. The lowest BCUT2D eigenvalue weighted by Crippen LogP contribution is -2.21. The van der Waals surface area contributed by atoms with Gasteiger partial charge in [0.2, 0.25) is 0 Å². The quantitative estimate of drug-likeness (QED) is 0.288. The molecule has 7 nitrogen and oxygen atoms in total. The molecule has 0 aliphatic carbocycles. The van der Waals surface area contributed by atoms with E-state index in [2.05, 4.69) is 15.3 Å². The molecular formula is C16H9Cl3N4O3S2. The van der Waals surface area contributed by atoms with Crippen molar-refractivity contribution in [3.8, 4) is 0 Å². The van der Waals surface area contributed by atoms with Crippen molar-refractivity contribution in [2.45, 2.75) is 15.6 Å². The van der Waals surface area contributed by atoms with Crippen LogP contribution in [0.5, 0.6) is 0 Å². The number of nitro groups is 1. The van der Waals surface area contributed by atoms with Crippen LogP contribution in [0.3, 0.4) is 0 Å². The smallest absolute Gasteiger partial charge is 0.294 e. The summed E-state index contributed by atoms with van der Waals surface area (Å²) < 4.78 is 0.290. The second-order valence-electron chi connectivity index (χ2n) is 5.25. The second kappa shape index (κ2) is 9.06. The van der Waals surface area contributed by atoms with Gasteiger partial charge in [-0.15, -0.1) is 11.3 Å². The zero-order chi connectivity index (χ0) is 20.3. The molecule has 0 atom stereocenters. The highest BCUT2D eigenvalue weighted by Crippen LogP contribution is 2.45. The minimum atomic E-state index is -0.554. The standard InChI is InChI=1S/C16H9Cl3N4O3S2/c17-9-6-20-7-10(18)14(9)28-16-11(23(25)26)3-12(27-16)15(24)22-5-8-1-2-13(19)21-4-8/h1-4,6-7H,5H2,(H,22,24). The third-order valence-corrected chi connectivity index (χ3v) is 6.82.